The van der Waals surface area contributed by atoms with Crippen LogP contribution in [0, 0.1) is 24.1 Å². The van der Waals surface area contributed by atoms with Crippen molar-refractivity contribution in [3.05, 3.63) is 77.6 Å². The van der Waals surface area contributed by atoms with Gasteiger partial charge in [0.1, 0.15) is 10.6 Å². The van der Waals surface area contributed by atoms with Crippen LogP contribution >= 0.6 is 0 Å². The van der Waals surface area contributed by atoms with Gasteiger partial charge in [-0.15, -0.1) is 6.58 Å². The molecule has 0 spiro atoms. The standard InChI is InChI=1S/C31H31F8NO5S/c1-3-12-27(13-10-20(11-14-27)25(41)42)26(43)40-16-15-28(18-40,46(44,45)23-8-9-24(32)19(2)17-23)21-4-6-22(7-5-21)29(33,30(34,35)36)31(37,38)39/h3-9,17,20H,1,10-16,18H2,2H3,(H,41,42)/t20?,27?,28-/m0/s1. The lowest BCUT2D eigenvalue weighted by Crippen LogP contribution is -2.50. The third-order valence-corrected chi connectivity index (χ3v) is 11.8. The summed E-state index contributed by atoms with van der Waals surface area (Å²) in [5, 5.41) is 9.42. The molecule has 2 fully saturated rings. The molecular formula is C31H31F8NO5S. The van der Waals surface area contributed by atoms with Crippen LogP contribution in [0.4, 0.5) is 35.1 Å². The number of benzene rings is 2. The topological polar surface area (TPSA) is 91.8 Å². The number of alkyl halides is 7. The van der Waals surface area contributed by atoms with E-state index in [4.69, 9.17) is 0 Å². The minimum Gasteiger partial charge on any atom is -0.481 e. The van der Waals surface area contributed by atoms with Crippen molar-refractivity contribution in [2.24, 2.45) is 11.3 Å². The monoisotopic (exact) mass is 681 g/mol. The predicted octanol–water partition coefficient (Wildman–Crippen LogP) is 7.16. The number of aryl methyl sites for hydroxylation is 1. The Morgan fingerprint density at radius 1 is 0.978 bits per heavy atom. The number of likely N-dealkylation sites (tertiary alicyclic amines) is 1. The fourth-order valence-corrected chi connectivity index (χ4v) is 8.76. The van der Waals surface area contributed by atoms with Crippen molar-refractivity contribution in [3.8, 4) is 0 Å². The number of carbonyl (C=O) groups excluding carboxylic acids is 1. The molecule has 46 heavy (non-hydrogen) atoms. The Morgan fingerprint density at radius 2 is 1.54 bits per heavy atom. The highest BCUT2D eigenvalue weighted by Crippen LogP contribution is 2.54. The Morgan fingerprint density at radius 3 is 2.02 bits per heavy atom. The van der Waals surface area contributed by atoms with Gasteiger partial charge in [-0.05, 0) is 74.8 Å². The van der Waals surface area contributed by atoms with E-state index < -0.39 is 78.6 Å². The zero-order chi connectivity index (χ0) is 34.5. The van der Waals surface area contributed by atoms with Crippen LogP contribution in [-0.2, 0) is 29.8 Å². The summed E-state index contributed by atoms with van der Waals surface area (Å²) in [5.41, 5.74) is -9.03. The molecule has 1 N–H and O–H groups in total. The second-order valence-electron chi connectivity index (χ2n) is 12.0. The van der Waals surface area contributed by atoms with Gasteiger partial charge in [-0.3, -0.25) is 9.59 Å². The molecule has 1 heterocycles. The molecular weight excluding hydrogens is 650 g/mol. The molecule has 252 valence electrons. The summed E-state index contributed by atoms with van der Waals surface area (Å²) < 4.78 is 136. The number of hydrogen-bond acceptors (Lipinski definition) is 4. The van der Waals surface area contributed by atoms with Crippen molar-refractivity contribution in [3.63, 3.8) is 0 Å². The van der Waals surface area contributed by atoms with Crippen LogP contribution in [0.5, 0.6) is 0 Å². The van der Waals surface area contributed by atoms with E-state index in [1.165, 1.54) is 17.9 Å². The molecule has 2 aromatic carbocycles. The number of nitrogens with zero attached hydrogens (tertiary/aromatic N) is 1. The molecule has 1 atom stereocenters. The van der Waals surface area contributed by atoms with Gasteiger partial charge in [0, 0.05) is 18.7 Å². The maximum absolute atomic E-state index is 14.8. The molecule has 1 saturated carbocycles. The molecule has 0 unspecified atom stereocenters. The Balaban J connectivity index is 1.82. The van der Waals surface area contributed by atoms with Crippen molar-refractivity contribution in [2.45, 2.75) is 73.1 Å². The lowest BCUT2D eigenvalue weighted by Gasteiger charge is -2.40. The summed E-state index contributed by atoms with van der Waals surface area (Å²) >= 11 is 0. The van der Waals surface area contributed by atoms with Gasteiger partial charge >= 0.3 is 24.0 Å². The first-order valence-corrected chi connectivity index (χ1v) is 15.7. The highest BCUT2D eigenvalue weighted by atomic mass is 32.2. The van der Waals surface area contributed by atoms with Crippen molar-refractivity contribution in [1.29, 1.82) is 0 Å². The van der Waals surface area contributed by atoms with E-state index in [0.29, 0.717) is 12.1 Å². The number of sulfone groups is 1. The summed E-state index contributed by atoms with van der Waals surface area (Å²) in [7, 11) is -4.64. The Kier molecular flexibility index (Phi) is 9.19. The van der Waals surface area contributed by atoms with Crippen LogP contribution in [0.2, 0.25) is 0 Å². The van der Waals surface area contributed by atoms with Gasteiger partial charge in [0.25, 0.3) is 0 Å². The van der Waals surface area contributed by atoms with Gasteiger partial charge in [-0.1, -0.05) is 30.3 Å². The fraction of sp³-hybridized carbons (Fsp3) is 0.484. The van der Waals surface area contributed by atoms with Gasteiger partial charge in [0.15, 0.2) is 9.84 Å². The quantitative estimate of drug-likeness (QED) is 0.181. The molecule has 2 aromatic rings. The lowest BCUT2D eigenvalue weighted by molar-refractivity contribution is -0.348. The van der Waals surface area contributed by atoms with E-state index in [2.05, 4.69) is 6.58 Å². The number of halogens is 8. The maximum Gasteiger partial charge on any atom is 0.435 e. The number of carboxylic acid groups (broad SMARTS) is 1. The van der Waals surface area contributed by atoms with E-state index in [-0.39, 0.29) is 68.3 Å². The minimum atomic E-state index is -6.39. The summed E-state index contributed by atoms with van der Waals surface area (Å²) in [6.07, 6.45) is -10.8. The molecule has 4 rings (SSSR count). The highest BCUT2D eigenvalue weighted by Gasteiger charge is 2.73. The molecule has 1 aliphatic carbocycles. The van der Waals surface area contributed by atoms with E-state index in [1.807, 2.05) is 0 Å². The van der Waals surface area contributed by atoms with Crippen LogP contribution in [0.25, 0.3) is 0 Å². The second-order valence-corrected chi connectivity index (χ2v) is 14.3. The molecule has 1 saturated heterocycles. The third kappa shape index (κ3) is 5.68. The van der Waals surface area contributed by atoms with Gasteiger partial charge in [0.2, 0.25) is 5.91 Å². The molecule has 6 nitrogen and oxygen atoms in total. The number of hydrogen-bond donors (Lipinski definition) is 1. The Labute approximate surface area is 260 Å². The van der Waals surface area contributed by atoms with Crippen molar-refractivity contribution >= 4 is 21.7 Å². The van der Waals surface area contributed by atoms with Crippen molar-refractivity contribution in [1.82, 2.24) is 4.90 Å². The Bertz CT molecular complexity index is 1600. The average Bonchev–Trinajstić information content (AvgIpc) is 3.44. The molecule has 1 amide bonds. The highest BCUT2D eigenvalue weighted by molar-refractivity contribution is 7.92. The normalized spacial score (nSPS) is 24.5. The second kappa shape index (κ2) is 11.9. The average molecular weight is 682 g/mol. The molecule has 15 heteroatoms. The molecule has 1 aliphatic heterocycles. The molecule has 2 aliphatic rings. The van der Waals surface area contributed by atoms with Crippen LogP contribution < -0.4 is 0 Å². The summed E-state index contributed by atoms with van der Waals surface area (Å²) in [5.74, 6) is -2.93. The van der Waals surface area contributed by atoms with E-state index >= 15 is 0 Å². The zero-order valence-electron chi connectivity index (χ0n) is 24.5. The van der Waals surface area contributed by atoms with Gasteiger partial charge in [-0.2, -0.15) is 26.3 Å². The zero-order valence-corrected chi connectivity index (χ0v) is 25.3. The van der Waals surface area contributed by atoms with Gasteiger partial charge in [-0.25, -0.2) is 17.2 Å². The molecule has 0 aromatic heterocycles. The van der Waals surface area contributed by atoms with Crippen LogP contribution in [0.3, 0.4) is 0 Å². The third-order valence-electron chi connectivity index (χ3n) is 9.34. The first kappa shape index (κ1) is 35.4. The van der Waals surface area contributed by atoms with Crippen molar-refractivity contribution < 1.29 is 58.2 Å². The van der Waals surface area contributed by atoms with E-state index in [0.717, 1.165) is 18.2 Å². The van der Waals surface area contributed by atoms with E-state index in [9.17, 15) is 58.2 Å². The van der Waals surface area contributed by atoms with Crippen LogP contribution in [-0.4, -0.2) is 55.7 Å². The predicted molar refractivity (Wildman–Crippen MR) is 149 cm³/mol. The van der Waals surface area contributed by atoms with Crippen LogP contribution in [0.15, 0.2) is 60.0 Å². The summed E-state index contributed by atoms with van der Waals surface area (Å²) in [6, 6.07) is 4.66. The number of rotatable bonds is 8. The van der Waals surface area contributed by atoms with Gasteiger partial charge < -0.3 is 10.0 Å². The first-order valence-electron chi connectivity index (χ1n) is 14.2. The van der Waals surface area contributed by atoms with Gasteiger partial charge in [0.05, 0.1) is 16.2 Å². The molecule has 0 bridgehead atoms. The lowest BCUT2D eigenvalue weighted by atomic mass is 9.67. The maximum atomic E-state index is 14.8. The number of carbonyl (C=O) groups is 2. The minimum absolute atomic E-state index is 0.0600. The van der Waals surface area contributed by atoms with E-state index in [1.54, 1.807) is 0 Å². The summed E-state index contributed by atoms with van der Waals surface area (Å²) in [6.45, 7) is 4.21. The number of allylic oxidation sites excluding steroid dienone is 1. The summed E-state index contributed by atoms with van der Waals surface area (Å²) in [4.78, 5) is 26.4. The Hall–Kier alpha value is -3.49. The number of amides is 1. The van der Waals surface area contributed by atoms with Crippen molar-refractivity contribution in [2.75, 3.05) is 13.1 Å². The first-order chi connectivity index (χ1) is 21.2. The number of aliphatic carboxylic acids is 1. The fourth-order valence-electron chi connectivity index (χ4n) is 6.60. The van der Waals surface area contributed by atoms with Crippen LogP contribution in [0.1, 0.15) is 55.2 Å². The SMILES string of the molecule is C=CCC1(C(=O)N2CC[C@](c3ccc(C(F)(C(F)(F)F)C(F)(F)F)cc3)(S(=O)(=O)c3ccc(F)c(C)c3)C2)CCC(C(=O)O)CC1. The smallest absolute Gasteiger partial charge is 0.435 e. The molecule has 0 radical (unpaired) electrons. The largest absolute Gasteiger partial charge is 0.481 e. The number of carboxylic acids is 1.